The number of amides is 1. The van der Waals surface area contributed by atoms with Crippen molar-refractivity contribution in [1.29, 1.82) is 5.26 Å². The van der Waals surface area contributed by atoms with Crippen LogP contribution in [0.2, 0.25) is 0 Å². The van der Waals surface area contributed by atoms with E-state index in [9.17, 15) is 4.79 Å². The van der Waals surface area contributed by atoms with Crippen molar-refractivity contribution in [3.05, 3.63) is 17.8 Å². The van der Waals surface area contributed by atoms with E-state index in [2.05, 4.69) is 15.6 Å². The maximum atomic E-state index is 11.8. The number of rotatable bonds is 5. The number of hydrogen-bond acceptors (Lipinski definition) is 5. The van der Waals surface area contributed by atoms with Crippen molar-refractivity contribution in [3.8, 4) is 6.07 Å². The van der Waals surface area contributed by atoms with E-state index in [0.717, 1.165) is 0 Å². The molecule has 1 atom stereocenters. The van der Waals surface area contributed by atoms with Gasteiger partial charge in [0.2, 0.25) is 5.91 Å². The van der Waals surface area contributed by atoms with Crippen molar-refractivity contribution in [1.82, 2.24) is 10.3 Å². The van der Waals surface area contributed by atoms with Gasteiger partial charge in [0.05, 0.1) is 5.69 Å². The van der Waals surface area contributed by atoms with E-state index < -0.39 is 6.04 Å². The Bertz CT molecular complexity index is 492. The molecule has 0 aliphatic carbocycles. The minimum Gasteiger partial charge on any atom is -0.396 e. The molecule has 0 spiro atoms. The molecule has 1 unspecified atom stereocenters. The molecule has 0 saturated heterocycles. The molecule has 1 amide bonds. The van der Waals surface area contributed by atoms with E-state index in [1.165, 1.54) is 0 Å². The third kappa shape index (κ3) is 4.47. The predicted octanol–water partition coefficient (Wildman–Crippen LogP) is 1.11. The van der Waals surface area contributed by atoms with Crippen LogP contribution in [0.3, 0.4) is 0 Å². The van der Waals surface area contributed by atoms with Crippen LogP contribution in [0.25, 0.3) is 0 Å². The number of nitriles is 1. The maximum Gasteiger partial charge on any atom is 0.242 e. The molecular weight excluding hydrogens is 242 g/mol. The van der Waals surface area contributed by atoms with Crippen LogP contribution in [0.4, 0.5) is 11.5 Å². The minimum atomic E-state index is -0.429. The van der Waals surface area contributed by atoms with Gasteiger partial charge < -0.3 is 16.4 Å². The quantitative estimate of drug-likeness (QED) is 0.736. The molecule has 6 heteroatoms. The van der Waals surface area contributed by atoms with Gasteiger partial charge in [-0.05, 0) is 25.0 Å². The van der Waals surface area contributed by atoms with Gasteiger partial charge in [-0.1, -0.05) is 13.8 Å². The summed E-state index contributed by atoms with van der Waals surface area (Å²) in [6.45, 7) is 6.42. The number of nitrogen functional groups attached to an aromatic ring is 1. The minimum absolute atomic E-state index is 0.106. The SMILES string of the molecule is CC(C)CNC(=O)C(C)Nc1ccc(N)c(C#N)n1. The molecule has 6 nitrogen and oxygen atoms in total. The summed E-state index contributed by atoms with van der Waals surface area (Å²) in [7, 11) is 0. The number of nitrogens with zero attached hydrogens (tertiary/aromatic N) is 2. The summed E-state index contributed by atoms with van der Waals surface area (Å²) in [5.74, 6) is 0.750. The van der Waals surface area contributed by atoms with Gasteiger partial charge in [0, 0.05) is 6.54 Å². The van der Waals surface area contributed by atoms with Crippen LogP contribution < -0.4 is 16.4 Å². The zero-order valence-electron chi connectivity index (χ0n) is 11.4. The van der Waals surface area contributed by atoms with Crippen LogP contribution in [0, 0.1) is 17.2 Å². The summed E-state index contributed by atoms with van der Waals surface area (Å²) >= 11 is 0. The summed E-state index contributed by atoms with van der Waals surface area (Å²) in [5, 5.41) is 14.6. The van der Waals surface area contributed by atoms with Crippen LogP contribution in [-0.2, 0) is 4.79 Å². The van der Waals surface area contributed by atoms with Crippen molar-refractivity contribution >= 4 is 17.4 Å². The standard InChI is InChI=1S/C13H19N5O/c1-8(2)7-16-13(19)9(3)17-12-5-4-10(15)11(6-14)18-12/h4-5,8-9H,7,15H2,1-3H3,(H,16,19)(H,17,18). The van der Waals surface area contributed by atoms with Crippen molar-refractivity contribution in [2.24, 2.45) is 5.92 Å². The zero-order chi connectivity index (χ0) is 14.4. The molecular formula is C13H19N5O. The monoisotopic (exact) mass is 261 g/mol. The molecule has 19 heavy (non-hydrogen) atoms. The zero-order valence-corrected chi connectivity index (χ0v) is 11.4. The van der Waals surface area contributed by atoms with Crippen LogP contribution in [0.1, 0.15) is 26.5 Å². The van der Waals surface area contributed by atoms with Crippen molar-refractivity contribution in [2.75, 3.05) is 17.6 Å². The number of aromatic nitrogens is 1. The molecule has 1 aromatic heterocycles. The molecule has 0 fully saturated rings. The highest BCUT2D eigenvalue weighted by atomic mass is 16.2. The highest BCUT2D eigenvalue weighted by Crippen LogP contribution is 2.12. The third-order valence-corrected chi connectivity index (χ3v) is 2.47. The fourth-order valence-electron chi connectivity index (χ4n) is 1.39. The number of hydrogen-bond donors (Lipinski definition) is 3. The second-order valence-electron chi connectivity index (χ2n) is 4.75. The fraction of sp³-hybridized carbons (Fsp3) is 0.462. The molecule has 0 radical (unpaired) electrons. The molecule has 0 saturated carbocycles. The van der Waals surface area contributed by atoms with E-state index in [-0.39, 0.29) is 11.6 Å². The van der Waals surface area contributed by atoms with Gasteiger partial charge in [-0.2, -0.15) is 5.26 Å². The summed E-state index contributed by atoms with van der Waals surface area (Å²) in [6.07, 6.45) is 0. The molecule has 1 rings (SSSR count). The van der Waals surface area contributed by atoms with Crippen molar-refractivity contribution < 1.29 is 4.79 Å². The molecule has 4 N–H and O–H groups in total. The lowest BCUT2D eigenvalue weighted by Gasteiger charge is -2.15. The lowest BCUT2D eigenvalue weighted by atomic mass is 10.2. The largest absolute Gasteiger partial charge is 0.396 e. The van der Waals surface area contributed by atoms with Gasteiger partial charge in [-0.15, -0.1) is 0 Å². The first-order chi connectivity index (χ1) is 8.93. The first-order valence-electron chi connectivity index (χ1n) is 6.15. The second kappa shape index (κ2) is 6.59. The van der Waals surface area contributed by atoms with Crippen LogP contribution >= 0.6 is 0 Å². The summed E-state index contributed by atoms with van der Waals surface area (Å²) in [5.41, 5.74) is 6.06. The second-order valence-corrected chi connectivity index (χ2v) is 4.75. The Morgan fingerprint density at radius 2 is 2.16 bits per heavy atom. The summed E-state index contributed by atoms with van der Waals surface area (Å²) in [6, 6.07) is 4.70. The Balaban J connectivity index is 2.64. The van der Waals surface area contributed by atoms with Crippen LogP contribution in [0.5, 0.6) is 0 Å². The van der Waals surface area contributed by atoms with Crippen molar-refractivity contribution in [2.45, 2.75) is 26.8 Å². The first-order valence-corrected chi connectivity index (χ1v) is 6.15. The van der Waals surface area contributed by atoms with Gasteiger partial charge in [0.25, 0.3) is 0 Å². The fourth-order valence-corrected chi connectivity index (χ4v) is 1.39. The first kappa shape index (κ1) is 14.8. The van der Waals surface area contributed by atoms with Gasteiger partial charge in [0.15, 0.2) is 5.69 Å². The van der Waals surface area contributed by atoms with E-state index in [1.807, 2.05) is 19.9 Å². The number of nitrogens with one attached hydrogen (secondary N) is 2. The number of carbonyl (C=O) groups excluding carboxylic acids is 1. The Kier molecular flexibility index (Phi) is 5.12. The number of nitrogens with two attached hydrogens (primary N) is 1. The summed E-state index contributed by atoms with van der Waals surface area (Å²) < 4.78 is 0. The molecule has 102 valence electrons. The highest BCUT2D eigenvalue weighted by Gasteiger charge is 2.13. The van der Waals surface area contributed by atoms with E-state index in [1.54, 1.807) is 19.1 Å². The molecule has 1 aromatic rings. The Labute approximate surface area is 113 Å². The Morgan fingerprint density at radius 1 is 1.47 bits per heavy atom. The Hall–Kier alpha value is -2.29. The van der Waals surface area contributed by atoms with E-state index in [0.29, 0.717) is 24.0 Å². The third-order valence-electron chi connectivity index (χ3n) is 2.47. The Morgan fingerprint density at radius 3 is 2.74 bits per heavy atom. The summed E-state index contributed by atoms with van der Waals surface area (Å²) in [4.78, 5) is 15.8. The normalized spacial score (nSPS) is 11.7. The average molecular weight is 261 g/mol. The van der Waals surface area contributed by atoms with E-state index >= 15 is 0 Å². The maximum absolute atomic E-state index is 11.8. The van der Waals surface area contributed by atoms with Crippen LogP contribution in [0.15, 0.2) is 12.1 Å². The molecule has 0 aliphatic heterocycles. The molecule has 1 heterocycles. The number of carbonyl (C=O) groups is 1. The van der Waals surface area contributed by atoms with Gasteiger partial charge in [0.1, 0.15) is 17.9 Å². The van der Waals surface area contributed by atoms with Gasteiger partial charge in [-0.3, -0.25) is 4.79 Å². The van der Waals surface area contributed by atoms with Crippen molar-refractivity contribution in [3.63, 3.8) is 0 Å². The number of anilines is 2. The lowest BCUT2D eigenvalue weighted by Crippen LogP contribution is -2.39. The molecule has 0 aromatic carbocycles. The van der Waals surface area contributed by atoms with Gasteiger partial charge in [-0.25, -0.2) is 4.98 Å². The van der Waals surface area contributed by atoms with Crippen LogP contribution in [-0.4, -0.2) is 23.5 Å². The van der Waals surface area contributed by atoms with Gasteiger partial charge >= 0.3 is 0 Å². The average Bonchev–Trinajstić information content (AvgIpc) is 2.37. The molecule has 0 aliphatic rings. The number of pyridine rings is 1. The highest BCUT2D eigenvalue weighted by molar-refractivity contribution is 5.83. The predicted molar refractivity (Wildman–Crippen MR) is 74.3 cm³/mol. The lowest BCUT2D eigenvalue weighted by molar-refractivity contribution is -0.121. The smallest absolute Gasteiger partial charge is 0.242 e. The molecule has 0 bridgehead atoms. The topological polar surface area (TPSA) is 104 Å². The van der Waals surface area contributed by atoms with E-state index in [4.69, 9.17) is 11.0 Å².